The van der Waals surface area contributed by atoms with Crippen molar-refractivity contribution < 1.29 is 9.53 Å². The molecule has 0 radical (unpaired) electrons. The molecule has 1 aliphatic rings. The van der Waals surface area contributed by atoms with E-state index in [0.717, 1.165) is 37.4 Å². The molecule has 0 aromatic heterocycles. The van der Waals surface area contributed by atoms with Crippen molar-refractivity contribution >= 4 is 11.8 Å². The molecule has 2 rings (SSSR count). The lowest BCUT2D eigenvalue weighted by Gasteiger charge is -2.26. The summed E-state index contributed by atoms with van der Waals surface area (Å²) in [4.78, 5) is 15.6. The maximum atomic E-state index is 11.8. The largest absolute Gasteiger partial charge is 0.445 e. The number of amides is 1. The standard InChI is InChI=1S/C14H21N3O2/c1-16(2)13-5-3-12(4-6-13)11-19-14(18)17-9-7-15-8-10-17/h3-6,15H,7-11H2,1-2H3. The molecule has 1 aromatic carbocycles. The van der Waals surface area contributed by atoms with Gasteiger partial charge in [-0.3, -0.25) is 0 Å². The first-order chi connectivity index (χ1) is 9.16. The van der Waals surface area contributed by atoms with Gasteiger partial charge < -0.3 is 19.9 Å². The first-order valence-electron chi connectivity index (χ1n) is 6.55. The van der Waals surface area contributed by atoms with E-state index in [1.165, 1.54) is 0 Å². The summed E-state index contributed by atoms with van der Waals surface area (Å²) in [5.41, 5.74) is 2.14. The van der Waals surface area contributed by atoms with Crippen LogP contribution in [0.15, 0.2) is 24.3 Å². The number of ether oxygens (including phenoxy) is 1. The van der Waals surface area contributed by atoms with Crippen LogP contribution in [0.25, 0.3) is 0 Å². The van der Waals surface area contributed by atoms with Gasteiger partial charge in [0, 0.05) is 46.0 Å². The van der Waals surface area contributed by atoms with E-state index < -0.39 is 0 Å². The molecule has 1 fully saturated rings. The van der Waals surface area contributed by atoms with Crippen LogP contribution in [0, 0.1) is 0 Å². The zero-order chi connectivity index (χ0) is 13.7. The molecule has 0 atom stereocenters. The third-order valence-electron chi connectivity index (χ3n) is 3.19. The summed E-state index contributed by atoms with van der Waals surface area (Å²) in [5.74, 6) is 0. The zero-order valence-corrected chi connectivity index (χ0v) is 11.6. The lowest BCUT2D eigenvalue weighted by Crippen LogP contribution is -2.46. The highest BCUT2D eigenvalue weighted by Crippen LogP contribution is 2.13. The number of anilines is 1. The molecule has 104 valence electrons. The molecular weight excluding hydrogens is 242 g/mol. The number of nitrogens with one attached hydrogen (secondary N) is 1. The fourth-order valence-electron chi connectivity index (χ4n) is 1.97. The molecule has 0 saturated carbocycles. The van der Waals surface area contributed by atoms with E-state index in [9.17, 15) is 4.79 Å². The van der Waals surface area contributed by atoms with E-state index in [2.05, 4.69) is 5.32 Å². The Morgan fingerprint density at radius 3 is 2.47 bits per heavy atom. The highest BCUT2D eigenvalue weighted by atomic mass is 16.6. The molecule has 1 aromatic rings. The van der Waals surface area contributed by atoms with Crippen LogP contribution in [0.5, 0.6) is 0 Å². The Kier molecular flexibility index (Phi) is 4.63. The van der Waals surface area contributed by atoms with Crippen LogP contribution in [0.1, 0.15) is 5.56 Å². The van der Waals surface area contributed by atoms with E-state index in [4.69, 9.17) is 4.74 Å². The van der Waals surface area contributed by atoms with Crippen molar-refractivity contribution in [1.29, 1.82) is 0 Å². The monoisotopic (exact) mass is 263 g/mol. The van der Waals surface area contributed by atoms with Gasteiger partial charge in [0.1, 0.15) is 6.61 Å². The van der Waals surface area contributed by atoms with Gasteiger partial charge in [-0.2, -0.15) is 0 Å². The second-order valence-electron chi connectivity index (χ2n) is 4.85. The van der Waals surface area contributed by atoms with E-state index in [1.54, 1.807) is 4.90 Å². The van der Waals surface area contributed by atoms with Crippen LogP contribution in [0.4, 0.5) is 10.5 Å². The number of benzene rings is 1. The molecule has 0 unspecified atom stereocenters. The van der Waals surface area contributed by atoms with Crippen molar-refractivity contribution in [2.24, 2.45) is 0 Å². The molecule has 5 heteroatoms. The fourth-order valence-corrected chi connectivity index (χ4v) is 1.97. The number of hydrogen-bond donors (Lipinski definition) is 1. The summed E-state index contributed by atoms with van der Waals surface area (Å²) in [6.45, 7) is 3.45. The minimum atomic E-state index is -0.224. The fraction of sp³-hybridized carbons (Fsp3) is 0.500. The van der Waals surface area contributed by atoms with Crippen LogP contribution in [0.2, 0.25) is 0 Å². The third kappa shape index (κ3) is 3.86. The molecule has 0 bridgehead atoms. The summed E-state index contributed by atoms with van der Waals surface area (Å²) in [6, 6.07) is 8.02. The van der Waals surface area contributed by atoms with Crippen LogP contribution in [-0.4, -0.2) is 51.3 Å². The van der Waals surface area contributed by atoms with Crippen LogP contribution < -0.4 is 10.2 Å². The lowest BCUT2D eigenvalue weighted by molar-refractivity contribution is 0.0918. The normalized spacial score (nSPS) is 15.2. The summed E-state index contributed by atoms with van der Waals surface area (Å²) < 4.78 is 5.31. The molecule has 1 heterocycles. The first-order valence-corrected chi connectivity index (χ1v) is 6.55. The van der Waals surface area contributed by atoms with Gasteiger partial charge in [0.2, 0.25) is 0 Å². The second kappa shape index (κ2) is 6.43. The van der Waals surface area contributed by atoms with E-state index >= 15 is 0 Å². The van der Waals surface area contributed by atoms with Crippen molar-refractivity contribution in [3.63, 3.8) is 0 Å². The number of piperazine rings is 1. The van der Waals surface area contributed by atoms with Crippen molar-refractivity contribution in [3.05, 3.63) is 29.8 Å². The van der Waals surface area contributed by atoms with Gasteiger partial charge in [-0.25, -0.2) is 4.79 Å². The summed E-state index contributed by atoms with van der Waals surface area (Å²) in [6.07, 6.45) is -0.224. The summed E-state index contributed by atoms with van der Waals surface area (Å²) in [5, 5.41) is 3.21. The van der Waals surface area contributed by atoms with Crippen LogP contribution >= 0.6 is 0 Å². The van der Waals surface area contributed by atoms with Crippen molar-refractivity contribution in [2.45, 2.75) is 6.61 Å². The number of carbonyl (C=O) groups is 1. The first kappa shape index (κ1) is 13.7. The average molecular weight is 263 g/mol. The maximum Gasteiger partial charge on any atom is 0.410 e. The quantitative estimate of drug-likeness (QED) is 0.892. The van der Waals surface area contributed by atoms with E-state index in [0.29, 0.717) is 6.61 Å². The number of carbonyl (C=O) groups excluding carboxylic acids is 1. The molecule has 1 aliphatic heterocycles. The van der Waals surface area contributed by atoms with Gasteiger partial charge >= 0.3 is 6.09 Å². The van der Waals surface area contributed by atoms with Gasteiger partial charge in [-0.1, -0.05) is 12.1 Å². The predicted molar refractivity (Wildman–Crippen MR) is 75.4 cm³/mol. The summed E-state index contributed by atoms with van der Waals surface area (Å²) in [7, 11) is 4.00. The van der Waals surface area contributed by atoms with Gasteiger partial charge in [0.25, 0.3) is 0 Å². The van der Waals surface area contributed by atoms with E-state index in [-0.39, 0.29) is 6.09 Å². The number of hydrogen-bond acceptors (Lipinski definition) is 4. The SMILES string of the molecule is CN(C)c1ccc(COC(=O)N2CCNCC2)cc1. The molecule has 1 amide bonds. The Morgan fingerprint density at radius 1 is 1.26 bits per heavy atom. The minimum absolute atomic E-state index is 0.224. The number of rotatable bonds is 3. The Bertz CT molecular complexity index is 411. The molecular formula is C14H21N3O2. The van der Waals surface area contributed by atoms with Crippen molar-refractivity contribution in [1.82, 2.24) is 10.2 Å². The molecule has 1 N–H and O–H groups in total. The Morgan fingerprint density at radius 2 is 1.89 bits per heavy atom. The lowest BCUT2D eigenvalue weighted by atomic mass is 10.2. The maximum absolute atomic E-state index is 11.8. The smallest absolute Gasteiger partial charge is 0.410 e. The zero-order valence-electron chi connectivity index (χ0n) is 11.6. The Balaban J connectivity index is 1.82. The number of nitrogens with zero attached hydrogens (tertiary/aromatic N) is 2. The Hall–Kier alpha value is -1.75. The topological polar surface area (TPSA) is 44.8 Å². The summed E-state index contributed by atoms with van der Waals surface area (Å²) >= 11 is 0. The molecule has 1 saturated heterocycles. The molecule has 0 aliphatic carbocycles. The Labute approximate surface area is 114 Å². The van der Waals surface area contributed by atoms with Gasteiger partial charge in [0.15, 0.2) is 0 Å². The molecule has 5 nitrogen and oxygen atoms in total. The van der Waals surface area contributed by atoms with Gasteiger partial charge in [-0.15, -0.1) is 0 Å². The highest BCUT2D eigenvalue weighted by molar-refractivity contribution is 5.67. The van der Waals surface area contributed by atoms with Gasteiger partial charge in [0.05, 0.1) is 0 Å². The second-order valence-corrected chi connectivity index (χ2v) is 4.85. The van der Waals surface area contributed by atoms with Gasteiger partial charge in [-0.05, 0) is 17.7 Å². The van der Waals surface area contributed by atoms with Crippen molar-refractivity contribution in [2.75, 3.05) is 45.2 Å². The third-order valence-corrected chi connectivity index (χ3v) is 3.19. The predicted octanol–water partition coefficient (Wildman–Crippen LogP) is 1.29. The molecule has 0 spiro atoms. The van der Waals surface area contributed by atoms with Crippen LogP contribution in [0.3, 0.4) is 0 Å². The molecule has 19 heavy (non-hydrogen) atoms. The highest BCUT2D eigenvalue weighted by Gasteiger charge is 2.17. The van der Waals surface area contributed by atoms with Crippen molar-refractivity contribution in [3.8, 4) is 0 Å². The average Bonchev–Trinajstić information content (AvgIpc) is 2.46. The minimum Gasteiger partial charge on any atom is -0.445 e. The van der Waals surface area contributed by atoms with Crippen LogP contribution in [-0.2, 0) is 11.3 Å². The van der Waals surface area contributed by atoms with E-state index in [1.807, 2.05) is 43.3 Å².